The number of amides is 1. The van der Waals surface area contributed by atoms with E-state index in [0.29, 0.717) is 41.5 Å². The predicted octanol–water partition coefficient (Wildman–Crippen LogP) is 8.25. The molecule has 0 radical (unpaired) electrons. The van der Waals surface area contributed by atoms with E-state index in [2.05, 4.69) is 47.4 Å². The van der Waals surface area contributed by atoms with Crippen molar-refractivity contribution in [2.45, 2.75) is 71.1 Å². The van der Waals surface area contributed by atoms with Crippen molar-refractivity contribution in [3.8, 4) is 11.8 Å². The van der Waals surface area contributed by atoms with E-state index in [0.717, 1.165) is 39.5 Å². The minimum absolute atomic E-state index is 0.0615. The van der Waals surface area contributed by atoms with Crippen LogP contribution in [0.25, 0.3) is 0 Å². The van der Waals surface area contributed by atoms with Crippen LogP contribution in [0.5, 0.6) is 0 Å². The first-order valence-corrected chi connectivity index (χ1v) is 15.4. The Bertz CT molecular complexity index is 1350. The number of carbonyl (C=O) groups excluding carboxylic acids is 2. The molecule has 1 saturated carbocycles. The molecule has 7 heteroatoms. The Morgan fingerprint density at radius 2 is 1.97 bits per heavy atom. The Morgan fingerprint density at radius 1 is 1.23 bits per heavy atom. The van der Waals surface area contributed by atoms with Gasteiger partial charge >= 0.3 is 5.97 Å². The highest BCUT2D eigenvalue weighted by atomic mass is 127. The van der Waals surface area contributed by atoms with E-state index in [-0.39, 0.29) is 23.7 Å². The summed E-state index contributed by atoms with van der Waals surface area (Å²) in [4.78, 5) is 29.4. The monoisotopic (exact) mass is 679 g/mol. The van der Waals surface area contributed by atoms with Crippen LogP contribution in [-0.4, -0.2) is 37.0 Å². The first-order chi connectivity index (χ1) is 18.4. The Balaban J connectivity index is 1.74. The summed E-state index contributed by atoms with van der Waals surface area (Å²) in [5.41, 5.74) is 1.97. The number of fused-ring (bicyclic) bond motifs is 3. The molecule has 1 aliphatic heterocycles. The number of unbranched alkanes of at least 4 members (excludes halogenated alkanes) is 1. The molecule has 1 aliphatic carbocycles. The number of halogens is 3. The lowest BCUT2D eigenvalue weighted by Crippen LogP contribution is -2.54. The van der Waals surface area contributed by atoms with Gasteiger partial charge in [0.15, 0.2) is 0 Å². The molecule has 4 rings (SSSR count). The van der Waals surface area contributed by atoms with E-state index in [1.807, 2.05) is 49.9 Å². The standard InChI is InChI=1S/C32H36Cl2INO3/c1-20(2)26-24(33)18-23-27(28(26)34)29(37)36(16-8-6-7-11-21-12-9-13-22(35)17-21)19-25-31(23,3)14-10-15-32(25,4)30(38)39-5/h9,12-13,17-18,20,25H,6,8,10,14-16,19H2,1-5H3/t25-,31-,32-/m1/s1. The first-order valence-electron chi connectivity index (χ1n) is 13.6. The van der Waals surface area contributed by atoms with Crippen LogP contribution in [0.15, 0.2) is 30.3 Å². The maximum atomic E-state index is 14.2. The van der Waals surface area contributed by atoms with Gasteiger partial charge in [-0.3, -0.25) is 9.59 Å². The zero-order valence-electron chi connectivity index (χ0n) is 23.3. The van der Waals surface area contributed by atoms with Gasteiger partial charge in [0.2, 0.25) is 0 Å². The molecule has 208 valence electrons. The summed E-state index contributed by atoms with van der Waals surface area (Å²) in [6.45, 7) is 9.20. The van der Waals surface area contributed by atoms with Crippen molar-refractivity contribution in [2.24, 2.45) is 11.3 Å². The first kappa shape index (κ1) is 30.2. The van der Waals surface area contributed by atoms with Gasteiger partial charge in [0.25, 0.3) is 5.91 Å². The second-order valence-corrected chi connectivity index (χ2v) is 13.6. The number of hydrogen-bond acceptors (Lipinski definition) is 3. The van der Waals surface area contributed by atoms with Crippen LogP contribution in [0.4, 0.5) is 0 Å². The molecule has 1 fully saturated rings. The Hall–Kier alpha value is -1.75. The third-order valence-corrected chi connectivity index (χ3v) is 10.1. The lowest BCUT2D eigenvalue weighted by Gasteiger charge is -2.51. The maximum Gasteiger partial charge on any atom is 0.311 e. The van der Waals surface area contributed by atoms with Crippen LogP contribution in [0.3, 0.4) is 0 Å². The zero-order valence-corrected chi connectivity index (χ0v) is 27.0. The molecule has 0 N–H and O–H groups in total. The van der Waals surface area contributed by atoms with Crippen LogP contribution in [-0.2, 0) is 14.9 Å². The number of rotatable bonds is 5. The van der Waals surface area contributed by atoms with Crippen LogP contribution < -0.4 is 0 Å². The second-order valence-electron chi connectivity index (χ2n) is 11.6. The average Bonchev–Trinajstić information content (AvgIpc) is 2.97. The quantitative estimate of drug-likeness (QED) is 0.138. The third-order valence-electron chi connectivity index (χ3n) is 8.72. The number of methoxy groups -OCH3 is 1. The minimum Gasteiger partial charge on any atom is -0.469 e. The van der Waals surface area contributed by atoms with Crippen molar-refractivity contribution >= 4 is 57.7 Å². The second kappa shape index (κ2) is 12.0. The Morgan fingerprint density at radius 3 is 2.64 bits per heavy atom. The Kier molecular flexibility index (Phi) is 9.30. The largest absolute Gasteiger partial charge is 0.469 e. The van der Waals surface area contributed by atoms with Gasteiger partial charge in [-0.05, 0) is 95.5 Å². The number of benzene rings is 2. The van der Waals surface area contributed by atoms with E-state index in [1.165, 1.54) is 7.11 Å². The SMILES string of the molecule is COC(=O)[C@]1(C)CCC[C@]2(C)c3cc(Cl)c(C(C)C)c(Cl)c3C(=O)N(CCCC#Cc3cccc(I)c3)C[C@@H]12. The Labute approximate surface area is 256 Å². The molecule has 1 amide bonds. The van der Waals surface area contributed by atoms with Crippen LogP contribution >= 0.6 is 45.8 Å². The molecule has 2 aromatic rings. The van der Waals surface area contributed by atoms with Gasteiger partial charge in [-0.1, -0.05) is 68.3 Å². The molecular formula is C32H36Cl2INO3. The number of carbonyl (C=O) groups is 2. The van der Waals surface area contributed by atoms with Gasteiger partial charge in [0, 0.05) is 39.6 Å². The summed E-state index contributed by atoms with van der Waals surface area (Å²) in [5.74, 6) is 6.08. The highest BCUT2D eigenvalue weighted by Crippen LogP contribution is 2.57. The summed E-state index contributed by atoms with van der Waals surface area (Å²) < 4.78 is 6.47. The van der Waals surface area contributed by atoms with Crippen molar-refractivity contribution < 1.29 is 14.3 Å². The highest BCUT2D eigenvalue weighted by molar-refractivity contribution is 14.1. The fourth-order valence-corrected chi connectivity index (χ4v) is 8.16. The average molecular weight is 680 g/mol. The molecular weight excluding hydrogens is 644 g/mol. The minimum atomic E-state index is -0.734. The maximum absolute atomic E-state index is 14.2. The molecule has 2 aliphatic rings. The topological polar surface area (TPSA) is 46.6 Å². The molecule has 39 heavy (non-hydrogen) atoms. The number of esters is 1. The number of nitrogens with zero attached hydrogens (tertiary/aromatic N) is 1. The van der Waals surface area contributed by atoms with E-state index < -0.39 is 10.8 Å². The van der Waals surface area contributed by atoms with Gasteiger partial charge in [-0.2, -0.15) is 0 Å². The molecule has 1 heterocycles. The van der Waals surface area contributed by atoms with Gasteiger partial charge < -0.3 is 9.64 Å². The van der Waals surface area contributed by atoms with Crippen molar-refractivity contribution in [1.82, 2.24) is 4.90 Å². The summed E-state index contributed by atoms with van der Waals surface area (Å²) in [7, 11) is 1.45. The molecule has 0 saturated heterocycles. The van der Waals surface area contributed by atoms with Gasteiger partial charge in [0.1, 0.15) is 0 Å². The lowest BCUT2D eigenvalue weighted by atomic mass is 9.53. The van der Waals surface area contributed by atoms with Crippen LogP contribution in [0.2, 0.25) is 10.0 Å². The zero-order chi connectivity index (χ0) is 28.5. The van der Waals surface area contributed by atoms with Gasteiger partial charge in [-0.15, -0.1) is 0 Å². The van der Waals surface area contributed by atoms with Crippen molar-refractivity contribution in [1.29, 1.82) is 0 Å². The number of hydrogen-bond donors (Lipinski definition) is 0. The molecule has 4 nitrogen and oxygen atoms in total. The van der Waals surface area contributed by atoms with Crippen LogP contribution in [0, 0.1) is 26.7 Å². The van der Waals surface area contributed by atoms with Crippen molar-refractivity contribution in [2.75, 3.05) is 20.2 Å². The van der Waals surface area contributed by atoms with Gasteiger partial charge in [-0.25, -0.2) is 0 Å². The van der Waals surface area contributed by atoms with Gasteiger partial charge in [0.05, 0.1) is 23.1 Å². The fourth-order valence-electron chi connectivity index (χ4n) is 6.64. The summed E-state index contributed by atoms with van der Waals surface area (Å²) >= 11 is 16.1. The lowest BCUT2D eigenvalue weighted by molar-refractivity contribution is -0.161. The molecule has 0 aromatic heterocycles. The fraction of sp³-hybridized carbons (Fsp3) is 0.500. The summed E-state index contributed by atoms with van der Waals surface area (Å²) in [6, 6.07) is 10.0. The predicted molar refractivity (Wildman–Crippen MR) is 167 cm³/mol. The smallest absolute Gasteiger partial charge is 0.311 e. The number of ether oxygens (including phenoxy) is 1. The highest BCUT2D eigenvalue weighted by Gasteiger charge is 2.57. The van der Waals surface area contributed by atoms with E-state index in [1.54, 1.807) is 0 Å². The molecule has 0 bridgehead atoms. The van der Waals surface area contributed by atoms with Crippen molar-refractivity contribution in [3.05, 3.63) is 66.2 Å². The molecule has 3 atom stereocenters. The van der Waals surface area contributed by atoms with E-state index in [4.69, 9.17) is 27.9 Å². The van der Waals surface area contributed by atoms with E-state index in [9.17, 15) is 9.59 Å². The van der Waals surface area contributed by atoms with Crippen LogP contribution in [0.1, 0.15) is 92.8 Å². The molecule has 0 spiro atoms. The normalized spacial score (nSPS) is 24.4. The molecule has 0 unspecified atom stereocenters. The third kappa shape index (κ3) is 5.72. The van der Waals surface area contributed by atoms with E-state index >= 15 is 0 Å². The molecule has 2 aromatic carbocycles. The van der Waals surface area contributed by atoms with Crippen molar-refractivity contribution in [3.63, 3.8) is 0 Å². The summed E-state index contributed by atoms with van der Waals surface area (Å²) in [5, 5.41) is 1.01. The summed E-state index contributed by atoms with van der Waals surface area (Å²) in [6.07, 6.45) is 3.78.